The number of amides is 1. The monoisotopic (exact) mass is 315 g/mol. The molecule has 1 aromatic rings. The van der Waals surface area contributed by atoms with Gasteiger partial charge in [0.2, 0.25) is 5.91 Å². The van der Waals surface area contributed by atoms with E-state index in [4.69, 9.17) is 5.73 Å². The summed E-state index contributed by atoms with van der Waals surface area (Å²) in [4.78, 5) is 15.8. The minimum absolute atomic E-state index is 0. The molecule has 2 rings (SSSR count). The molecular formula is C15H23ClFN3O. The lowest BCUT2D eigenvalue weighted by atomic mass is 10.1. The van der Waals surface area contributed by atoms with Crippen molar-refractivity contribution in [2.75, 3.05) is 26.7 Å². The van der Waals surface area contributed by atoms with Crippen LogP contribution in [0.5, 0.6) is 0 Å². The zero-order valence-corrected chi connectivity index (χ0v) is 13.1. The number of benzene rings is 1. The maximum Gasteiger partial charge on any atom is 0.236 e. The minimum Gasteiger partial charge on any atom is -0.340 e. The van der Waals surface area contributed by atoms with Crippen LogP contribution >= 0.6 is 12.4 Å². The van der Waals surface area contributed by atoms with Gasteiger partial charge in [-0.3, -0.25) is 9.69 Å². The Bertz CT molecular complexity index is 464. The van der Waals surface area contributed by atoms with Crippen molar-refractivity contribution in [3.8, 4) is 0 Å². The number of nitrogens with two attached hydrogens (primary N) is 1. The summed E-state index contributed by atoms with van der Waals surface area (Å²) in [6, 6.07) is 6.82. The van der Waals surface area contributed by atoms with E-state index in [0.717, 1.165) is 25.9 Å². The van der Waals surface area contributed by atoms with Crippen LogP contribution in [0.15, 0.2) is 24.3 Å². The van der Waals surface area contributed by atoms with Crippen LogP contribution in [0.1, 0.15) is 18.4 Å². The number of hydrogen-bond acceptors (Lipinski definition) is 3. The van der Waals surface area contributed by atoms with E-state index < -0.39 is 0 Å². The van der Waals surface area contributed by atoms with Crippen molar-refractivity contribution in [2.24, 2.45) is 5.73 Å². The molecule has 4 nitrogen and oxygen atoms in total. The third-order valence-corrected chi connectivity index (χ3v) is 3.78. The summed E-state index contributed by atoms with van der Waals surface area (Å²) in [5.74, 6) is -0.250. The number of carbonyl (C=O) groups is 1. The molecule has 0 unspecified atom stereocenters. The number of piperidine rings is 1. The van der Waals surface area contributed by atoms with E-state index >= 15 is 0 Å². The van der Waals surface area contributed by atoms with Gasteiger partial charge in [0.15, 0.2) is 0 Å². The van der Waals surface area contributed by atoms with E-state index in [0.29, 0.717) is 18.7 Å². The second kappa shape index (κ2) is 8.32. The van der Waals surface area contributed by atoms with Crippen LogP contribution in [-0.4, -0.2) is 48.4 Å². The standard InChI is InChI=1S/C15H22FN3O.ClH/c1-18(10-12-4-2-3-5-14(12)16)15(20)11-19-8-6-13(17)7-9-19;/h2-5,13H,6-11,17H2,1H3;1H. The van der Waals surface area contributed by atoms with Crippen molar-refractivity contribution >= 4 is 18.3 Å². The Morgan fingerprint density at radius 3 is 2.62 bits per heavy atom. The Hall–Kier alpha value is -1.17. The molecule has 1 fully saturated rings. The van der Waals surface area contributed by atoms with E-state index in [1.165, 1.54) is 6.07 Å². The number of rotatable bonds is 4. The van der Waals surface area contributed by atoms with Crippen molar-refractivity contribution in [3.05, 3.63) is 35.6 Å². The van der Waals surface area contributed by atoms with Gasteiger partial charge < -0.3 is 10.6 Å². The maximum atomic E-state index is 13.6. The predicted molar refractivity (Wildman–Crippen MR) is 83.8 cm³/mol. The molecule has 0 radical (unpaired) electrons. The highest BCUT2D eigenvalue weighted by atomic mass is 35.5. The van der Waals surface area contributed by atoms with Crippen LogP contribution in [0.25, 0.3) is 0 Å². The number of likely N-dealkylation sites (tertiary alicyclic amines) is 1. The van der Waals surface area contributed by atoms with E-state index in [1.807, 2.05) is 0 Å². The zero-order chi connectivity index (χ0) is 14.5. The average molecular weight is 316 g/mol. The average Bonchev–Trinajstić information content (AvgIpc) is 2.44. The molecule has 1 saturated heterocycles. The van der Waals surface area contributed by atoms with Gasteiger partial charge in [-0.15, -0.1) is 12.4 Å². The van der Waals surface area contributed by atoms with Crippen LogP contribution in [-0.2, 0) is 11.3 Å². The van der Waals surface area contributed by atoms with Gasteiger partial charge in [-0.1, -0.05) is 18.2 Å². The fourth-order valence-corrected chi connectivity index (χ4v) is 2.39. The van der Waals surface area contributed by atoms with Crippen molar-refractivity contribution in [2.45, 2.75) is 25.4 Å². The fraction of sp³-hybridized carbons (Fsp3) is 0.533. The minimum atomic E-state index is -0.268. The Labute approximate surface area is 131 Å². The molecule has 0 saturated carbocycles. The van der Waals surface area contributed by atoms with Crippen molar-refractivity contribution < 1.29 is 9.18 Å². The first-order valence-corrected chi connectivity index (χ1v) is 7.01. The van der Waals surface area contributed by atoms with Gasteiger partial charge in [0.25, 0.3) is 0 Å². The molecule has 0 spiro atoms. The summed E-state index contributed by atoms with van der Waals surface area (Å²) in [5, 5.41) is 0. The SMILES string of the molecule is CN(Cc1ccccc1F)C(=O)CN1CCC(N)CC1.Cl. The van der Waals surface area contributed by atoms with Crippen LogP contribution in [0.2, 0.25) is 0 Å². The largest absolute Gasteiger partial charge is 0.340 e. The molecule has 0 bridgehead atoms. The first-order valence-electron chi connectivity index (χ1n) is 7.01. The number of nitrogens with zero attached hydrogens (tertiary/aromatic N) is 2. The van der Waals surface area contributed by atoms with E-state index in [9.17, 15) is 9.18 Å². The van der Waals surface area contributed by atoms with Gasteiger partial charge in [-0.25, -0.2) is 4.39 Å². The summed E-state index contributed by atoms with van der Waals surface area (Å²) in [6.45, 7) is 2.41. The highest BCUT2D eigenvalue weighted by molar-refractivity contribution is 5.85. The topological polar surface area (TPSA) is 49.6 Å². The lowest BCUT2D eigenvalue weighted by Crippen LogP contribution is -2.44. The number of carbonyl (C=O) groups excluding carboxylic acids is 1. The normalized spacial score (nSPS) is 16.3. The van der Waals surface area contributed by atoms with Gasteiger partial charge in [-0.05, 0) is 18.9 Å². The number of hydrogen-bond donors (Lipinski definition) is 1. The molecule has 1 aliphatic rings. The van der Waals surface area contributed by atoms with Crippen LogP contribution < -0.4 is 5.73 Å². The van der Waals surface area contributed by atoms with Crippen LogP contribution in [0, 0.1) is 5.82 Å². The van der Waals surface area contributed by atoms with E-state index in [-0.39, 0.29) is 30.2 Å². The zero-order valence-electron chi connectivity index (χ0n) is 12.3. The molecule has 2 N–H and O–H groups in total. The highest BCUT2D eigenvalue weighted by Crippen LogP contribution is 2.11. The van der Waals surface area contributed by atoms with Crippen molar-refractivity contribution in [1.82, 2.24) is 9.80 Å². The predicted octanol–water partition coefficient (Wildman–Crippen LogP) is 1.63. The van der Waals surface area contributed by atoms with Crippen molar-refractivity contribution in [1.29, 1.82) is 0 Å². The summed E-state index contributed by atoms with van der Waals surface area (Å²) in [7, 11) is 1.71. The fourth-order valence-electron chi connectivity index (χ4n) is 2.39. The molecule has 118 valence electrons. The lowest BCUT2D eigenvalue weighted by molar-refractivity contribution is -0.131. The molecule has 0 atom stereocenters. The molecule has 1 aliphatic heterocycles. The number of halogens is 2. The molecule has 1 heterocycles. The second-order valence-corrected chi connectivity index (χ2v) is 5.45. The highest BCUT2D eigenvalue weighted by Gasteiger charge is 2.20. The van der Waals surface area contributed by atoms with Crippen molar-refractivity contribution in [3.63, 3.8) is 0 Å². The van der Waals surface area contributed by atoms with Gasteiger partial charge in [-0.2, -0.15) is 0 Å². The quantitative estimate of drug-likeness (QED) is 0.919. The second-order valence-electron chi connectivity index (χ2n) is 5.45. The van der Waals surface area contributed by atoms with E-state index in [2.05, 4.69) is 4.90 Å². The molecule has 0 aromatic heterocycles. The number of likely N-dealkylation sites (N-methyl/N-ethyl adjacent to an activating group) is 1. The van der Waals surface area contributed by atoms with Gasteiger partial charge in [0.1, 0.15) is 5.82 Å². The first kappa shape index (κ1) is 17.9. The summed E-state index contributed by atoms with van der Waals surface area (Å²) in [6.07, 6.45) is 1.87. The van der Waals surface area contributed by atoms with Gasteiger partial charge >= 0.3 is 0 Å². The third-order valence-electron chi connectivity index (χ3n) is 3.78. The Morgan fingerprint density at radius 1 is 1.38 bits per heavy atom. The summed E-state index contributed by atoms with van der Waals surface area (Å²) in [5.41, 5.74) is 6.39. The molecule has 6 heteroatoms. The van der Waals surface area contributed by atoms with Gasteiger partial charge in [0.05, 0.1) is 6.54 Å². The molecule has 21 heavy (non-hydrogen) atoms. The molecule has 1 aromatic carbocycles. The third kappa shape index (κ3) is 5.26. The molecule has 1 amide bonds. The molecular weight excluding hydrogens is 293 g/mol. The van der Waals surface area contributed by atoms with Gasteiger partial charge in [0, 0.05) is 38.3 Å². The first-order chi connectivity index (χ1) is 9.56. The van der Waals surface area contributed by atoms with Crippen LogP contribution in [0.4, 0.5) is 4.39 Å². The maximum absolute atomic E-state index is 13.6. The van der Waals surface area contributed by atoms with Crippen LogP contribution in [0.3, 0.4) is 0 Å². The van der Waals surface area contributed by atoms with E-state index in [1.54, 1.807) is 30.1 Å². The Morgan fingerprint density at radius 2 is 2.00 bits per heavy atom. The molecule has 0 aliphatic carbocycles. The summed E-state index contributed by atoms with van der Waals surface area (Å²) >= 11 is 0. The summed E-state index contributed by atoms with van der Waals surface area (Å²) < 4.78 is 13.6. The Balaban J connectivity index is 0.00000220. The lowest BCUT2D eigenvalue weighted by Gasteiger charge is -2.30. The smallest absolute Gasteiger partial charge is 0.236 e. The Kier molecular flexibility index (Phi) is 7.08.